The molecular formula is C45H33N3O2. The minimum absolute atomic E-state index is 0.769. The summed E-state index contributed by atoms with van der Waals surface area (Å²) in [6.07, 6.45) is 0. The third kappa shape index (κ3) is 4.20. The van der Waals surface area contributed by atoms with Crippen LogP contribution in [0, 0.1) is 20.8 Å². The van der Waals surface area contributed by atoms with Crippen LogP contribution in [0.3, 0.4) is 0 Å². The van der Waals surface area contributed by atoms with Gasteiger partial charge in [-0.05, 0) is 105 Å². The lowest BCUT2D eigenvalue weighted by Crippen LogP contribution is -2.20. The van der Waals surface area contributed by atoms with Gasteiger partial charge in [0.25, 0.3) is 0 Å². The average molecular weight is 648 g/mol. The number of rotatable bonds is 4. The summed E-state index contributed by atoms with van der Waals surface area (Å²) in [7, 11) is 0. The van der Waals surface area contributed by atoms with Crippen LogP contribution in [-0.4, -0.2) is 4.57 Å². The molecule has 5 heteroatoms. The quantitative estimate of drug-likeness (QED) is 0.190. The summed E-state index contributed by atoms with van der Waals surface area (Å²) in [5.74, 6) is 3.17. The molecule has 10 rings (SSSR count). The van der Waals surface area contributed by atoms with Crippen molar-refractivity contribution in [3.05, 3.63) is 162 Å². The molecule has 2 aliphatic heterocycles. The van der Waals surface area contributed by atoms with Gasteiger partial charge in [-0.15, -0.1) is 0 Å². The molecule has 50 heavy (non-hydrogen) atoms. The van der Waals surface area contributed by atoms with Crippen molar-refractivity contribution >= 4 is 55.9 Å². The van der Waals surface area contributed by atoms with E-state index in [1.807, 2.05) is 30.3 Å². The first-order valence-corrected chi connectivity index (χ1v) is 17.0. The standard InChI is InChI=1S/C45H33N3O2/c1-28-24-29(2)44(30(3)25-28)46(32-20-22-37-35(26-32)34-14-7-8-15-36(34)47(37)31-12-5-4-6-13-31)33-21-23-39-43(27-33)50-42-19-11-18-41-45(42)48(39)38-16-9-10-17-40(38)49-41/h4-27H,1-3H3. The summed E-state index contributed by atoms with van der Waals surface area (Å²) < 4.78 is 15.4. The van der Waals surface area contributed by atoms with Gasteiger partial charge < -0.3 is 18.9 Å². The summed E-state index contributed by atoms with van der Waals surface area (Å²) in [6, 6.07) is 51.4. The van der Waals surface area contributed by atoms with Crippen LogP contribution in [-0.2, 0) is 0 Å². The molecule has 2 aliphatic rings. The Labute approximate surface area is 290 Å². The number of para-hydroxylation sites is 5. The summed E-state index contributed by atoms with van der Waals surface area (Å²) in [6.45, 7) is 6.58. The van der Waals surface area contributed by atoms with Crippen LogP contribution < -0.4 is 19.3 Å². The van der Waals surface area contributed by atoms with Crippen LogP contribution in [0.15, 0.2) is 146 Å². The summed E-state index contributed by atoms with van der Waals surface area (Å²) in [4.78, 5) is 4.66. The van der Waals surface area contributed by atoms with Crippen molar-refractivity contribution in [3.8, 4) is 28.7 Å². The van der Waals surface area contributed by atoms with Crippen molar-refractivity contribution in [3.63, 3.8) is 0 Å². The molecule has 5 nitrogen and oxygen atoms in total. The summed E-state index contributed by atoms with van der Waals surface area (Å²) >= 11 is 0. The molecular weight excluding hydrogens is 615 g/mol. The zero-order chi connectivity index (χ0) is 33.5. The first-order valence-electron chi connectivity index (χ1n) is 17.0. The number of fused-ring (bicyclic) bond motifs is 7. The molecule has 0 N–H and O–H groups in total. The Morgan fingerprint density at radius 1 is 0.480 bits per heavy atom. The molecule has 0 atom stereocenters. The Kier molecular flexibility index (Phi) is 6.15. The monoisotopic (exact) mass is 647 g/mol. The van der Waals surface area contributed by atoms with Gasteiger partial charge in [0.1, 0.15) is 5.69 Å². The van der Waals surface area contributed by atoms with Crippen molar-refractivity contribution < 1.29 is 9.47 Å². The van der Waals surface area contributed by atoms with E-state index in [9.17, 15) is 0 Å². The molecule has 0 saturated heterocycles. The first kappa shape index (κ1) is 28.5. The number of hydrogen-bond donors (Lipinski definition) is 0. The van der Waals surface area contributed by atoms with Crippen LogP contribution in [0.1, 0.15) is 16.7 Å². The fourth-order valence-electron chi connectivity index (χ4n) is 8.02. The second-order valence-corrected chi connectivity index (χ2v) is 13.2. The van der Waals surface area contributed by atoms with Crippen molar-refractivity contribution in [1.29, 1.82) is 0 Å². The van der Waals surface area contributed by atoms with Crippen LogP contribution in [0.2, 0.25) is 0 Å². The van der Waals surface area contributed by atoms with E-state index >= 15 is 0 Å². The number of aryl methyl sites for hydroxylation is 3. The molecule has 0 radical (unpaired) electrons. The van der Waals surface area contributed by atoms with E-state index in [0.717, 1.165) is 62.8 Å². The maximum Gasteiger partial charge on any atom is 0.155 e. The lowest BCUT2D eigenvalue weighted by Gasteiger charge is -2.38. The van der Waals surface area contributed by atoms with Gasteiger partial charge in [-0.3, -0.25) is 4.90 Å². The Bertz CT molecular complexity index is 2630. The molecule has 0 amide bonds. The van der Waals surface area contributed by atoms with Crippen molar-refractivity contribution in [1.82, 2.24) is 4.57 Å². The van der Waals surface area contributed by atoms with Crippen molar-refractivity contribution in [2.24, 2.45) is 0 Å². The van der Waals surface area contributed by atoms with Crippen LogP contribution >= 0.6 is 0 Å². The van der Waals surface area contributed by atoms with Crippen LogP contribution in [0.5, 0.6) is 23.0 Å². The maximum absolute atomic E-state index is 6.71. The molecule has 8 aromatic rings. The Hall–Kier alpha value is -6.46. The topological polar surface area (TPSA) is 29.9 Å². The molecule has 1 aromatic heterocycles. The second kappa shape index (κ2) is 10.8. The van der Waals surface area contributed by atoms with Gasteiger partial charge in [0.15, 0.2) is 23.0 Å². The molecule has 7 aromatic carbocycles. The number of anilines is 6. The molecule has 3 heterocycles. The van der Waals surface area contributed by atoms with Gasteiger partial charge in [-0.1, -0.05) is 72.3 Å². The van der Waals surface area contributed by atoms with E-state index < -0.39 is 0 Å². The zero-order valence-corrected chi connectivity index (χ0v) is 28.0. The fourth-order valence-corrected chi connectivity index (χ4v) is 8.02. The predicted molar refractivity (Wildman–Crippen MR) is 205 cm³/mol. The zero-order valence-electron chi connectivity index (χ0n) is 28.0. The molecule has 0 saturated carbocycles. The van der Waals surface area contributed by atoms with E-state index in [0.29, 0.717) is 0 Å². The summed E-state index contributed by atoms with van der Waals surface area (Å²) in [5, 5.41) is 2.42. The second-order valence-electron chi connectivity index (χ2n) is 13.2. The third-order valence-electron chi connectivity index (χ3n) is 9.96. The predicted octanol–water partition coefficient (Wildman–Crippen LogP) is 12.9. The lowest BCUT2D eigenvalue weighted by molar-refractivity contribution is 0.446. The Morgan fingerprint density at radius 2 is 1.10 bits per heavy atom. The summed E-state index contributed by atoms with van der Waals surface area (Å²) in [5.41, 5.74) is 13.3. The third-order valence-corrected chi connectivity index (χ3v) is 9.96. The number of nitrogens with zero attached hydrogens (tertiary/aromatic N) is 3. The largest absolute Gasteiger partial charge is 0.453 e. The van der Waals surface area contributed by atoms with E-state index in [1.165, 1.54) is 38.5 Å². The van der Waals surface area contributed by atoms with Gasteiger partial charge in [-0.2, -0.15) is 0 Å². The molecule has 0 bridgehead atoms. The minimum atomic E-state index is 0.769. The molecule has 0 aliphatic carbocycles. The van der Waals surface area contributed by atoms with Crippen LogP contribution in [0.4, 0.5) is 34.1 Å². The highest BCUT2D eigenvalue weighted by molar-refractivity contribution is 6.11. The molecule has 240 valence electrons. The normalized spacial score (nSPS) is 12.6. The maximum atomic E-state index is 6.71. The fraction of sp³-hybridized carbons (Fsp3) is 0.0667. The van der Waals surface area contributed by atoms with E-state index in [-0.39, 0.29) is 0 Å². The first-order chi connectivity index (χ1) is 24.5. The van der Waals surface area contributed by atoms with Crippen LogP contribution in [0.25, 0.3) is 27.5 Å². The van der Waals surface area contributed by atoms with Crippen molar-refractivity contribution in [2.45, 2.75) is 20.8 Å². The van der Waals surface area contributed by atoms with Gasteiger partial charge in [-0.25, -0.2) is 0 Å². The van der Waals surface area contributed by atoms with E-state index in [2.05, 4.69) is 150 Å². The Balaban J connectivity index is 1.19. The minimum Gasteiger partial charge on any atom is -0.453 e. The number of aromatic nitrogens is 1. The SMILES string of the molecule is Cc1cc(C)c(N(c2ccc3c(c2)Oc2cccc4c2N3c2ccccc2O4)c2ccc3c(c2)c2ccccc2n3-c2ccccc2)c(C)c1. The van der Waals surface area contributed by atoms with E-state index in [4.69, 9.17) is 9.47 Å². The van der Waals surface area contributed by atoms with E-state index in [1.54, 1.807) is 0 Å². The number of ether oxygens (including phenoxy) is 2. The molecule has 0 fully saturated rings. The van der Waals surface area contributed by atoms with Gasteiger partial charge in [0, 0.05) is 28.2 Å². The highest BCUT2D eigenvalue weighted by atomic mass is 16.5. The highest BCUT2D eigenvalue weighted by Crippen LogP contribution is 2.60. The lowest BCUT2D eigenvalue weighted by atomic mass is 10.0. The number of hydrogen-bond acceptors (Lipinski definition) is 4. The van der Waals surface area contributed by atoms with Gasteiger partial charge in [0.2, 0.25) is 0 Å². The van der Waals surface area contributed by atoms with Crippen molar-refractivity contribution in [2.75, 3.05) is 9.80 Å². The molecule has 0 unspecified atom stereocenters. The number of benzene rings is 7. The average Bonchev–Trinajstić information content (AvgIpc) is 3.47. The molecule has 0 spiro atoms. The smallest absolute Gasteiger partial charge is 0.155 e. The van der Waals surface area contributed by atoms with Gasteiger partial charge in [0.05, 0.1) is 33.8 Å². The Morgan fingerprint density at radius 3 is 1.92 bits per heavy atom. The highest BCUT2D eigenvalue weighted by Gasteiger charge is 2.35. The van der Waals surface area contributed by atoms with Gasteiger partial charge >= 0.3 is 0 Å².